The molecule has 1 unspecified atom stereocenters. The highest BCUT2D eigenvalue weighted by Gasteiger charge is 2.12. The molecule has 2 rings (SSSR count). The van der Waals surface area contributed by atoms with Gasteiger partial charge in [0.1, 0.15) is 0 Å². The molecule has 1 N–H and O–H groups in total. The predicted molar refractivity (Wildman–Crippen MR) is 84.8 cm³/mol. The Balaban J connectivity index is 1.99. The third-order valence-corrected chi connectivity index (χ3v) is 3.80. The molecule has 0 saturated heterocycles. The molecular formula is C16H17BrN2O. The highest BCUT2D eigenvalue weighted by Crippen LogP contribution is 2.25. The zero-order valence-corrected chi connectivity index (χ0v) is 13.1. The number of amides is 1. The molecule has 1 atom stereocenters. The van der Waals surface area contributed by atoms with Crippen LogP contribution in [0.1, 0.15) is 30.4 Å². The van der Waals surface area contributed by atoms with Crippen LogP contribution >= 0.6 is 15.9 Å². The highest BCUT2D eigenvalue weighted by molar-refractivity contribution is 9.10. The van der Waals surface area contributed by atoms with Crippen LogP contribution in [-0.2, 0) is 4.79 Å². The summed E-state index contributed by atoms with van der Waals surface area (Å²) >= 11 is 3.46. The number of carbonyl (C=O) groups excluding carboxylic acids is 1. The molecule has 20 heavy (non-hydrogen) atoms. The Morgan fingerprint density at radius 1 is 1.40 bits per heavy atom. The van der Waals surface area contributed by atoms with E-state index in [4.69, 9.17) is 0 Å². The van der Waals surface area contributed by atoms with E-state index in [0.29, 0.717) is 6.42 Å². The molecule has 1 heterocycles. The first-order chi connectivity index (χ1) is 9.56. The summed E-state index contributed by atoms with van der Waals surface area (Å²) in [5.74, 6) is 0.152. The van der Waals surface area contributed by atoms with Gasteiger partial charge >= 0.3 is 0 Å². The van der Waals surface area contributed by atoms with Crippen LogP contribution in [0, 0.1) is 6.92 Å². The second-order valence-corrected chi connectivity index (χ2v) is 5.78. The zero-order valence-electron chi connectivity index (χ0n) is 11.6. The van der Waals surface area contributed by atoms with Gasteiger partial charge in [-0.05, 0) is 58.1 Å². The van der Waals surface area contributed by atoms with Gasteiger partial charge < -0.3 is 5.32 Å². The monoisotopic (exact) mass is 332 g/mol. The maximum absolute atomic E-state index is 12.1. The molecule has 0 aliphatic carbocycles. The van der Waals surface area contributed by atoms with Crippen molar-refractivity contribution in [3.63, 3.8) is 0 Å². The number of hydrogen-bond acceptors (Lipinski definition) is 2. The quantitative estimate of drug-likeness (QED) is 0.907. The lowest BCUT2D eigenvalue weighted by atomic mass is 9.99. The minimum absolute atomic E-state index is 0.00547. The molecule has 1 aromatic heterocycles. The topological polar surface area (TPSA) is 42.0 Å². The minimum Gasteiger partial charge on any atom is -0.325 e. The summed E-state index contributed by atoms with van der Waals surface area (Å²) in [5.41, 5.74) is 3.03. The Bertz CT molecular complexity index is 599. The van der Waals surface area contributed by atoms with Crippen molar-refractivity contribution in [2.24, 2.45) is 0 Å². The van der Waals surface area contributed by atoms with Crippen LogP contribution < -0.4 is 5.32 Å². The number of benzene rings is 1. The number of nitrogens with zero attached hydrogens (tertiary/aromatic N) is 1. The zero-order chi connectivity index (χ0) is 14.5. The molecule has 104 valence electrons. The van der Waals surface area contributed by atoms with E-state index in [0.717, 1.165) is 21.3 Å². The Labute approximate surface area is 127 Å². The number of rotatable bonds is 4. The van der Waals surface area contributed by atoms with E-state index < -0.39 is 0 Å². The summed E-state index contributed by atoms with van der Waals surface area (Å²) < 4.78 is 0.903. The van der Waals surface area contributed by atoms with E-state index in [-0.39, 0.29) is 11.8 Å². The van der Waals surface area contributed by atoms with Crippen molar-refractivity contribution in [1.82, 2.24) is 4.98 Å². The molecule has 2 aromatic rings. The molecule has 0 radical (unpaired) electrons. The Kier molecular flexibility index (Phi) is 4.90. The van der Waals surface area contributed by atoms with Crippen LogP contribution in [0.4, 0.5) is 5.69 Å². The van der Waals surface area contributed by atoms with Gasteiger partial charge in [-0.25, -0.2) is 0 Å². The van der Waals surface area contributed by atoms with Gasteiger partial charge in [0.05, 0.1) is 5.69 Å². The molecule has 4 heteroatoms. The Morgan fingerprint density at radius 3 is 2.85 bits per heavy atom. The van der Waals surface area contributed by atoms with Crippen LogP contribution in [0.5, 0.6) is 0 Å². The average molecular weight is 333 g/mol. The van der Waals surface area contributed by atoms with Gasteiger partial charge in [0.2, 0.25) is 5.91 Å². The number of anilines is 1. The van der Waals surface area contributed by atoms with Crippen molar-refractivity contribution in [1.29, 1.82) is 0 Å². The Hall–Kier alpha value is -1.68. The van der Waals surface area contributed by atoms with Gasteiger partial charge in [-0.3, -0.25) is 9.78 Å². The molecular weight excluding hydrogens is 316 g/mol. The van der Waals surface area contributed by atoms with E-state index in [9.17, 15) is 4.79 Å². The van der Waals surface area contributed by atoms with Crippen LogP contribution in [0.2, 0.25) is 0 Å². The summed E-state index contributed by atoms with van der Waals surface area (Å²) in [6, 6.07) is 9.75. The van der Waals surface area contributed by atoms with E-state index >= 15 is 0 Å². The number of nitrogens with one attached hydrogen (secondary N) is 1. The lowest BCUT2D eigenvalue weighted by Gasteiger charge is -2.12. The number of pyridine rings is 1. The largest absolute Gasteiger partial charge is 0.325 e. The van der Waals surface area contributed by atoms with E-state index in [1.165, 1.54) is 0 Å². The van der Waals surface area contributed by atoms with Crippen LogP contribution in [0.15, 0.2) is 47.2 Å². The third kappa shape index (κ3) is 3.90. The maximum atomic E-state index is 12.1. The SMILES string of the molecule is Cc1ccc(NC(=O)CC(C)c2cccnc2)c(Br)c1. The van der Waals surface area contributed by atoms with E-state index in [2.05, 4.69) is 26.2 Å². The van der Waals surface area contributed by atoms with Crippen molar-refractivity contribution in [2.75, 3.05) is 5.32 Å². The predicted octanol–water partition coefficient (Wildman–Crippen LogP) is 4.28. The number of aromatic nitrogens is 1. The lowest BCUT2D eigenvalue weighted by molar-refractivity contribution is -0.116. The second kappa shape index (κ2) is 6.66. The van der Waals surface area contributed by atoms with Crippen LogP contribution in [0.3, 0.4) is 0 Å². The summed E-state index contributed by atoms with van der Waals surface area (Å²) in [6.45, 7) is 4.04. The first-order valence-electron chi connectivity index (χ1n) is 6.52. The average Bonchev–Trinajstić information content (AvgIpc) is 2.43. The number of halogens is 1. The third-order valence-electron chi connectivity index (χ3n) is 3.14. The maximum Gasteiger partial charge on any atom is 0.225 e. The smallest absolute Gasteiger partial charge is 0.225 e. The fourth-order valence-corrected chi connectivity index (χ4v) is 2.58. The number of carbonyl (C=O) groups is 1. The molecule has 0 fully saturated rings. The lowest BCUT2D eigenvalue weighted by Crippen LogP contribution is -2.14. The first kappa shape index (κ1) is 14.7. The molecule has 3 nitrogen and oxygen atoms in total. The molecule has 1 aromatic carbocycles. The van der Waals surface area contributed by atoms with Gasteiger partial charge in [0.25, 0.3) is 0 Å². The summed E-state index contributed by atoms with van der Waals surface area (Å²) in [4.78, 5) is 16.2. The van der Waals surface area contributed by atoms with Crippen LogP contribution in [-0.4, -0.2) is 10.9 Å². The minimum atomic E-state index is 0.00547. The highest BCUT2D eigenvalue weighted by atomic mass is 79.9. The van der Waals surface area contributed by atoms with Crippen molar-refractivity contribution < 1.29 is 4.79 Å². The fraction of sp³-hybridized carbons (Fsp3) is 0.250. The molecule has 0 spiro atoms. The van der Waals surface area contributed by atoms with Crippen molar-refractivity contribution >= 4 is 27.5 Å². The van der Waals surface area contributed by atoms with Crippen molar-refractivity contribution in [3.05, 3.63) is 58.3 Å². The van der Waals surface area contributed by atoms with Gasteiger partial charge in [-0.15, -0.1) is 0 Å². The van der Waals surface area contributed by atoms with Crippen LogP contribution in [0.25, 0.3) is 0 Å². The van der Waals surface area contributed by atoms with Gasteiger partial charge in [0, 0.05) is 23.3 Å². The molecule has 0 aliphatic heterocycles. The molecule has 1 amide bonds. The summed E-state index contributed by atoms with van der Waals surface area (Å²) in [7, 11) is 0. The number of hydrogen-bond donors (Lipinski definition) is 1. The normalized spacial score (nSPS) is 11.9. The van der Waals surface area contributed by atoms with Gasteiger partial charge in [-0.2, -0.15) is 0 Å². The Morgan fingerprint density at radius 2 is 2.20 bits per heavy atom. The fourth-order valence-electron chi connectivity index (χ4n) is 1.99. The first-order valence-corrected chi connectivity index (χ1v) is 7.31. The summed E-state index contributed by atoms with van der Waals surface area (Å²) in [5, 5.41) is 2.93. The van der Waals surface area contributed by atoms with Gasteiger partial charge in [-0.1, -0.05) is 19.1 Å². The second-order valence-electron chi connectivity index (χ2n) is 4.92. The van der Waals surface area contributed by atoms with E-state index in [1.54, 1.807) is 12.4 Å². The van der Waals surface area contributed by atoms with Gasteiger partial charge in [0.15, 0.2) is 0 Å². The van der Waals surface area contributed by atoms with Crippen molar-refractivity contribution in [3.8, 4) is 0 Å². The molecule has 0 aliphatic rings. The van der Waals surface area contributed by atoms with E-state index in [1.807, 2.05) is 44.2 Å². The number of aryl methyl sites for hydroxylation is 1. The van der Waals surface area contributed by atoms with Crippen molar-refractivity contribution in [2.45, 2.75) is 26.2 Å². The standard InChI is InChI=1S/C16H17BrN2O/c1-11-5-6-15(14(17)8-11)19-16(20)9-12(2)13-4-3-7-18-10-13/h3-8,10,12H,9H2,1-2H3,(H,19,20). The molecule has 0 saturated carbocycles. The molecule has 0 bridgehead atoms. The summed E-state index contributed by atoms with van der Waals surface area (Å²) in [6.07, 6.45) is 3.98.